The Hall–Kier alpha value is -2.15. The van der Waals surface area contributed by atoms with Crippen LogP contribution in [0.5, 0.6) is 5.75 Å². The fraction of sp³-hybridized carbons (Fsp3) is 0.417. The molecule has 3 rings (SSSR count). The molecule has 1 unspecified atom stereocenters. The molecule has 2 N–H and O–H groups in total. The first-order valence-corrected chi connectivity index (χ1v) is 6.09. The summed E-state index contributed by atoms with van der Waals surface area (Å²) in [5, 5.41) is 11.9. The Bertz CT molecular complexity index is 577. The number of benzene rings is 1. The second-order valence-electron chi connectivity index (χ2n) is 4.42. The molecular formula is C12H15N5O2. The Morgan fingerprint density at radius 2 is 2.37 bits per heavy atom. The van der Waals surface area contributed by atoms with Crippen molar-refractivity contribution in [2.24, 2.45) is 0 Å². The molecule has 0 amide bonds. The number of aromatic nitrogens is 4. The lowest BCUT2D eigenvalue weighted by molar-refractivity contribution is 0.184. The molecule has 19 heavy (non-hydrogen) atoms. The van der Waals surface area contributed by atoms with Gasteiger partial charge in [0.25, 0.3) is 0 Å². The third kappa shape index (κ3) is 2.12. The van der Waals surface area contributed by atoms with Crippen LogP contribution in [0.2, 0.25) is 0 Å². The quantitative estimate of drug-likeness (QED) is 0.825. The molecule has 7 nitrogen and oxygen atoms in total. The van der Waals surface area contributed by atoms with Crippen LogP contribution in [0, 0.1) is 0 Å². The minimum Gasteiger partial charge on any atom is -0.496 e. The summed E-state index contributed by atoms with van der Waals surface area (Å²) >= 11 is 0. The van der Waals surface area contributed by atoms with E-state index in [1.165, 1.54) is 0 Å². The van der Waals surface area contributed by atoms with E-state index in [1.807, 2.05) is 12.1 Å². The molecule has 1 fully saturated rings. The Kier molecular flexibility index (Phi) is 3.04. The smallest absolute Gasteiger partial charge is 0.186 e. The highest BCUT2D eigenvalue weighted by Gasteiger charge is 2.24. The van der Waals surface area contributed by atoms with Crippen LogP contribution < -0.4 is 10.5 Å². The van der Waals surface area contributed by atoms with Gasteiger partial charge in [-0.2, -0.15) is 0 Å². The highest BCUT2D eigenvalue weighted by atomic mass is 16.5. The molecule has 1 saturated heterocycles. The van der Waals surface area contributed by atoms with Crippen molar-refractivity contribution in [1.82, 2.24) is 20.2 Å². The van der Waals surface area contributed by atoms with Crippen LogP contribution in [-0.4, -0.2) is 40.5 Å². The first kappa shape index (κ1) is 11.9. The minimum absolute atomic E-state index is 0.163. The second kappa shape index (κ2) is 4.85. The Morgan fingerprint density at radius 3 is 3.11 bits per heavy atom. The first-order valence-electron chi connectivity index (χ1n) is 6.09. The summed E-state index contributed by atoms with van der Waals surface area (Å²) in [6, 6.07) is 5.58. The van der Waals surface area contributed by atoms with Crippen molar-refractivity contribution in [1.29, 1.82) is 0 Å². The van der Waals surface area contributed by atoms with E-state index in [2.05, 4.69) is 15.5 Å². The number of nitrogens with zero attached hydrogens (tertiary/aromatic N) is 4. The summed E-state index contributed by atoms with van der Waals surface area (Å²) in [5.74, 6) is 1.35. The molecule has 1 aromatic carbocycles. The molecular weight excluding hydrogens is 246 g/mol. The monoisotopic (exact) mass is 261 g/mol. The Labute approximate surface area is 110 Å². The van der Waals surface area contributed by atoms with Gasteiger partial charge in [0.2, 0.25) is 0 Å². The molecule has 100 valence electrons. The number of nitrogen functional groups attached to an aromatic ring is 1. The molecule has 0 saturated carbocycles. The molecule has 2 heterocycles. The van der Waals surface area contributed by atoms with E-state index >= 15 is 0 Å². The Morgan fingerprint density at radius 1 is 1.47 bits per heavy atom. The minimum atomic E-state index is 0.163. The standard InChI is InChI=1S/C12H15N5O2/c1-18-11-3-2-8(13)6-10(11)12-14-15-16-17(12)9-4-5-19-7-9/h2-3,6,9H,4-5,7,13H2,1H3. The molecule has 1 aliphatic rings. The van der Waals surface area contributed by atoms with Gasteiger partial charge < -0.3 is 15.2 Å². The van der Waals surface area contributed by atoms with Crippen LogP contribution in [0.15, 0.2) is 18.2 Å². The van der Waals surface area contributed by atoms with E-state index in [-0.39, 0.29) is 6.04 Å². The van der Waals surface area contributed by atoms with E-state index in [4.69, 9.17) is 15.2 Å². The van der Waals surface area contributed by atoms with E-state index < -0.39 is 0 Å². The summed E-state index contributed by atoms with van der Waals surface area (Å²) in [5.41, 5.74) is 7.27. The number of rotatable bonds is 3. The zero-order valence-corrected chi connectivity index (χ0v) is 10.6. The SMILES string of the molecule is COc1ccc(N)cc1-c1nnnn1C1CCOC1. The van der Waals surface area contributed by atoms with Crippen molar-refractivity contribution in [3.05, 3.63) is 18.2 Å². The summed E-state index contributed by atoms with van der Waals surface area (Å²) in [4.78, 5) is 0. The van der Waals surface area contributed by atoms with Gasteiger partial charge in [-0.05, 0) is 35.0 Å². The van der Waals surface area contributed by atoms with Crippen molar-refractivity contribution in [2.75, 3.05) is 26.1 Å². The van der Waals surface area contributed by atoms with Crippen molar-refractivity contribution >= 4 is 5.69 Å². The fourth-order valence-corrected chi connectivity index (χ4v) is 2.23. The lowest BCUT2D eigenvalue weighted by atomic mass is 10.1. The average molecular weight is 261 g/mol. The lowest BCUT2D eigenvalue weighted by Gasteiger charge is -2.12. The van der Waals surface area contributed by atoms with Gasteiger partial charge in [0.15, 0.2) is 5.82 Å². The second-order valence-corrected chi connectivity index (χ2v) is 4.42. The maximum atomic E-state index is 5.83. The van der Waals surface area contributed by atoms with E-state index in [0.29, 0.717) is 23.9 Å². The molecule has 1 atom stereocenters. The number of methoxy groups -OCH3 is 1. The summed E-state index contributed by atoms with van der Waals surface area (Å²) in [7, 11) is 1.61. The number of nitrogens with two attached hydrogens (primary N) is 1. The summed E-state index contributed by atoms with van der Waals surface area (Å²) in [6.07, 6.45) is 0.905. The zero-order valence-electron chi connectivity index (χ0n) is 10.6. The predicted molar refractivity (Wildman–Crippen MR) is 68.7 cm³/mol. The molecule has 1 aliphatic heterocycles. The van der Waals surface area contributed by atoms with Crippen molar-refractivity contribution in [2.45, 2.75) is 12.5 Å². The highest BCUT2D eigenvalue weighted by molar-refractivity contribution is 5.68. The maximum absolute atomic E-state index is 5.83. The fourth-order valence-electron chi connectivity index (χ4n) is 2.23. The van der Waals surface area contributed by atoms with Gasteiger partial charge in [0.05, 0.1) is 25.3 Å². The molecule has 0 spiro atoms. The number of hydrogen-bond acceptors (Lipinski definition) is 6. The number of ether oxygens (including phenoxy) is 2. The largest absolute Gasteiger partial charge is 0.496 e. The number of tetrazole rings is 1. The van der Waals surface area contributed by atoms with Gasteiger partial charge in [-0.25, -0.2) is 4.68 Å². The maximum Gasteiger partial charge on any atom is 0.186 e. The molecule has 0 radical (unpaired) electrons. The van der Waals surface area contributed by atoms with Crippen LogP contribution in [0.3, 0.4) is 0 Å². The number of hydrogen-bond donors (Lipinski definition) is 1. The van der Waals surface area contributed by atoms with Gasteiger partial charge in [0, 0.05) is 12.3 Å². The van der Waals surface area contributed by atoms with Gasteiger partial charge >= 0.3 is 0 Å². The van der Waals surface area contributed by atoms with Gasteiger partial charge in [-0.15, -0.1) is 5.10 Å². The number of anilines is 1. The first-order chi connectivity index (χ1) is 9.29. The van der Waals surface area contributed by atoms with Crippen LogP contribution in [0.4, 0.5) is 5.69 Å². The predicted octanol–water partition coefficient (Wildman–Crippen LogP) is 0.892. The average Bonchev–Trinajstić information content (AvgIpc) is 3.09. The third-order valence-corrected chi connectivity index (χ3v) is 3.21. The molecule has 2 aromatic rings. The zero-order chi connectivity index (χ0) is 13.2. The van der Waals surface area contributed by atoms with Gasteiger partial charge in [-0.3, -0.25) is 0 Å². The van der Waals surface area contributed by atoms with Crippen LogP contribution in [-0.2, 0) is 4.74 Å². The van der Waals surface area contributed by atoms with Gasteiger partial charge in [0.1, 0.15) is 5.75 Å². The Balaban J connectivity index is 2.07. The lowest BCUT2D eigenvalue weighted by Crippen LogP contribution is -2.12. The van der Waals surface area contributed by atoms with Crippen molar-refractivity contribution in [3.63, 3.8) is 0 Å². The molecule has 1 aromatic heterocycles. The van der Waals surface area contributed by atoms with Crippen molar-refractivity contribution < 1.29 is 9.47 Å². The van der Waals surface area contributed by atoms with Crippen LogP contribution in [0.1, 0.15) is 12.5 Å². The summed E-state index contributed by atoms with van der Waals surface area (Å²) < 4.78 is 12.5. The van der Waals surface area contributed by atoms with Crippen LogP contribution >= 0.6 is 0 Å². The van der Waals surface area contributed by atoms with E-state index in [1.54, 1.807) is 17.9 Å². The topological polar surface area (TPSA) is 88.1 Å². The van der Waals surface area contributed by atoms with Gasteiger partial charge in [-0.1, -0.05) is 0 Å². The van der Waals surface area contributed by atoms with E-state index in [0.717, 1.165) is 18.6 Å². The molecule has 7 heteroatoms. The molecule has 0 bridgehead atoms. The summed E-state index contributed by atoms with van der Waals surface area (Å²) in [6.45, 7) is 1.36. The molecule has 0 aliphatic carbocycles. The van der Waals surface area contributed by atoms with E-state index in [9.17, 15) is 0 Å². The van der Waals surface area contributed by atoms with Crippen molar-refractivity contribution in [3.8, 4) is 17.1 Å². The third-order valence-electron chi connectivity index (χ3n) is 3.21. The van der Waals surface area contributed by atoms with Crippen LogP contribution in [0.25, 0.3) is 11.4 Å². The highest BCUT2D eigenvalue weighted by Crippen LogP contribution is 2.32. The normalized spacial score (nSPS) is 18.7.